The minimum absolute atomic E-state index is 0.154. The Balaban J connectivity index is 2.15. The van der Waals surface area contributed by atoms with E-state index in [0.717, 1.165) is 11.1 Å². The quantitative estimate of drug-likeness (QED) is 0.614. The smallest absolute Gasteiger partial charge is 0.331 e. The Labute approximate surface area is 135 Å². The predicted molar refractivity (Wildman–Crippen MR) is 85.0 cm³/mol. The molecular weight excluding hydrogens is 358 g/mol. The van der Waals surface area contributed by atoms with Crippen molar-refractivity contribution in [2.45, 2.75) is 20.4 Å². The van der Waals surface area contributed by atoms with Crippen molar-refractivity contribution in [1.29, 1.82) is 0 Å². The molecule has 0 radical (unpaired) electrons. The molecule has 0 spiro atoms. The maximum absolute atomic E-state index is 11.9. The van der Waals surface area contributed by atoms with Crippen LogP contribution in [0.15, 0.2) is 39.7 Å². The summed E-state index contributed by atoms with van der Waals surface area (Å²) in [7, 11) is 0. The van der Waals surface area contributed by atoms with Crippen LogP contribution >= 0.6 is 27.5 Å². The van der Waals surface area contributed by atoms with Crippen LogP contribution in [0.2, 0.25) is 5.02 Å². The molecule has 0 atom stereocenters. The Morgan fingerprint density at radius 2 is 1.90 bits per heavy atom. The number of hydrogen-bond donors (Lipinski definition) is 0. The van der Waals surface area contributed by atoms with Gasteiger partial charge in [-0.15, -0.1) is 0 Å². The van der Waals surface area contributed by atoms with Gasteiger partial charge in [0.05, 0.1) is 0 Å². The molecule has 110 valence electrons. The Hall–Kier alpha value is -1.59. The van der Waals surface area contributed by atoms with Gasteiger partial charge in [0.2, 0.25) is 0 Å². The summed E-state index contributed by atoms with van der Waals surface area (Å²) in [6, 6.07) is 6.39. The van der Waals surface area contributed by atoms with Crippen molar-refractivity contribution in [3.63, 3.8) is 0 Å². The minimum Gasteiger partial charge on any atom is -0.425 e. The van der Waals surface area contributed by atoms with Crippen LogP contribution in [-0.4, -0.2) is 10.5 Å². The summed E-state index contributed by atoms with van der Waals surface area (Å²) >= 11 is 9.32. The molecule has 0 aliphatic rings. The molecule has 1 aromatic heterocycles. The lowest BCUT2D eigenvalue weighted by atomic mass is 10.1. The van der Waals surface area contributed by atoms with Crippen LogP contribution < -0.4 is 10.3 Å². The highest BCUT2D eigenvalue weighted by atomic mass is 79.9. The van der Waals surface area contributed by atoms with E-state index in [1.54, 1.807) is 24.4 Å². The fraction of sp³-hybridized carbons (Fsp3) is 0.200. The average Bonchev–Trinajstić information content (AvgIpc) is 2.40. The van der Waals surface area contributed by atoms with Gasteiger partial charge in [0, 0.05) is 21.8 Å². The third-order valence-corrected chi connectivity index (χ3v) is 3.95. The van der Waals surface area contributed by atoms with Crippen LogP contribution in [0.3, 0.4) is 0 Å². The van der Waals surface area contributed by atoms with E-state index < -0.39 is 5.97 Å². The molecule has 0 bridgehead atoms. The molecule has 0 saturated carbocycles. The number of esters is 1. The van der Waals surface area contributed by atoms with Crippen LogP contribution in [0.1, 0.15) is 11.1 Å². The predicted octanol–water partition coefficient (Wildman–Crippen LogP) is 3.49. The zero-order valence-electron chi connectivity index (χ0n) is 11.5. The lowest BCUT2D eigenvalue weighted by Gasteiger charge is -2.09. The van der Waals surface area contributed by atoms with Gasteiger partial charge in [0.25, 0.3) is 5.56 Å². The van der Waals surface area contributed by atoms with E-state index in [9.17, 15) is 9.59 Å². The Kier molecular flexibility index (Phi) is 4.85. The van der Waals surface area contributed by atoms with Crippen LogP contribution in [0, 0.1) is 13.8 Å². The highest BCUT2D eigenvalue weighted by molar-refractivity contribution is 9.10. The molecule has 1 aromatic carbocycles. The summed E-state index contributed by atoms with van der Waals surface area (Å²) in [5.74, 6) is -0.0984. The first-order valence-corrected chi connectivity index (χ1v) is 7.37. The van der Waals surface area contributed by atoms with Crippen molar-refractivity contribution in [2.75, 3.05) is 0 Å². The summed E-state index contributed by atoms with van der Waals surface area (Å²) in [5, 5.41) is 0.651. The monoisotopic (exact) mass is 369 g/mol. The zero-order valence-corrected chi connectivity index (χ0v) is 13.9. The van der Waals surface area contributed by atoms with Crippen molar-refractivity contribution in [3.05, 3.63) is 61.4 Å². The van der Waals surface area contributed by atoms with Gasteiger partial charge in [-0.3, -0.25) is 4.79 Å². The zero-order chi connectivity index (χ0) is 15.6. The lowest BCUT2D eigenvalue weighted by Crippen LogP contribution is -2.25. The molecule has 0 fully saturated rings. The second-order valence-electron chi connectivity index (χ2n) is 4.66. The van der Waals surface area contributed by atoms with Crippen molar-refractivity contribution in [3.8, 4) is 5.75 Å². The second-order valence-corrected chi connectivity index (χ2v) is 5.95. The largest absolute Gasteiger partial charge is 0.425 e. The summed E-state index contributed by atoms with van der Waals surface area (Å²) in [4.78, 5) is 23.6. The molecule has 0 unspecified atom stereocenters. The summed E-state index contributed by atoms with van der Waals surface area (Å²) in [5.41, 5.74) is 1.40. The normalized spacial score (nSPS) is 10.5. The number of rotatable bonds is 3. The summed E-state index contributed by atoms with van der Waals surface area (Å²) in [6.45, 7) is 3.52. The number of carbonyl (C=O) groups excluding carboxylic acids is 1. The number of nitrogens with zero attached hydrogens (tertiary/aromatic N) is 1. The standard InChI is InChI=1S/C15H13BrClNO3/c1-9-5-12(6-10(2)15(9)17)21-14(20)8-18-7-11(16)3-4-13(18)19/h3-7H,8H2,1-2H3. The molecule has 0 aliphatic heterocycles. The van der Waals surface area contributed by atoms with Gasteiger partial charge >= 0.3 is 5.97 Å². The summed E-state index contributed by atoms with van der Waals surface area (Å²) < 4.78 is 7.25. The minimum atomic E-state index is -0.517. The number of hydrogen-bond acceptors (Lipinski definition) is 3. The molecule has 21 heavy (non-hydrogen) atoms. The number of benzene rings is 1. The first-order valence-electron chi connectivity index (χ1n) is 6.20. The highest BCUT2D eigenvalue weighted by Gasteiger charge is 2.10. The Bertz CT molecular complexity index is 732. The average molecular weight is 371 g/mol. The first kappa shape index (κ1) is 15.8. The van der Waals surface area contributed by atoms with E-state index in [1.807, 2.05) is 13.8 Å². The fourth-order valence-corrected chi connectivity index (χ4v) is 2.38. The van der Waals surface area contributed by atoms with Gasteiger partial charge in [-0.05, 0) is 59.1 Å². The van der Waals surface area contributed by atoms with Crippen molar-refractivity contribution in [2.24, 2.45) is 0 Å². The Morgan fingerprint density at radius 1 is 1.29 bits per heavy atom. The molecule has 2 aromatic rings. The highest BCUT2D eigenvalue weighted by Crippen LogP contribution is 2.25. The lowest BCUT2D eigenvalue weighted by molar-refractivity contribution is -0.135. The SMILES string of the molecule is Cc1cc(OC(=O)Cn2cc(Br)ccc2=O)cc(C)c1Cl. The van der Waals surface area contributed by atoms with Gasteiger partial charge in [-0.25, -0.2) is 4.79 Å². The molecular formula is C15H13BrClNO3. The van der Waals surface area contributed by atoms with Gasteiger partial charge in [0.15, 0.2) is 0 Å². The van der Waals surface area contributed by atoms with Crippen LogP contribution in [0.4, 0.5) is 0 Å². The van der Waals surface area contributed by atoms with E-state index in [2.05, 4.69) is 15.9 Å². The van der Waals surface area contributed by atoms with Crippen molar-refractivity contribution >= 4 is 33.5 Å². The third kappa shape index (κ3) is 3.95. The number of halogens is 2. The van der Waals surface area contributed by atoms with Crippen LogP contribution in [0.25, 0.3) is 0 Å². The van der Waals surface area contributed by atoms with Gasteiger partial charge in [-0.2, -0.15) is 0 Å². The van der Waals surface area contributed by atoms with Gasteiger partial charge in [-0.1, -0.05) is 11.6 Å². The molecule has 0 amide bonds. The number of ether oxygens (including phenoxy) is 1. The van der Waals surface area contributed by atoms with Crippen LogP contribution in [0.5, 0.6) is 5.75 Å². The van der Waals surface area contributed by atoms with Gasteiger partial charge in [0.1, 0.15) is 12.3 Å². The van der Waals surface area contributed by atoms with Crippen molar-refractivity contribution < 1.29 is 9.53 Å². The second kappa shape index (κ2) is 6.45. The topological polar surface area (TPSA) is 48.3 Å². The van der Waals surface area contributed by atoms with Crippen molar-refractivity contribution in [1.82, 2.24) is 4.57 Å². The van der Waals surface area contributed by atoms with E-state index in [0.29, 0.717) is 15.2 Å². The maximum Gasteiger partial charge on any atom is 0.331 e. The number of carbonyl (C=O) groups is 1. The van der Waals surface area contributed by atoms with E-state index in [1.165, 1.54) is 10.6 Å². The molecule has 4 nitrogen and oxygen atoms in total. The molecule has 0 aliphatic carbocycles. The van der Waals surface area contributed by atoms with E-state index in [4.69, 9.17) is 16.3 Å². The molecule has 1 heterocycles. The maximum atomic E-state index is 11.9. The first-order chi connectivity index (χ1) is 9.86. The Morgan fingerprint density at radius 3 is 2.52 bits per heavy atom. The van der Waals surface area contributed by atoms with E-state index >= 15 is 0 Å². The van der Waals surface area contributed by atoms with E-state index in [-0.39, 0.29) is 12.1 Å². The fourth-order valence-electron chi connectivity index (χ4n) is 1.89. The number of pyridine rings is 1. The third-order valence-electron chi connectivity index (χ3n) is 2.89. The molecule has 0 N–H and O–H groups in total. The molecule has 6 heteroatoms. The van der Waals surface area contributed by atoms with Crippen LogP contribution in [-0.2, 0) is 11.3 Å². The number of aryl methyl sites for hydroxylation is 2. The van der Waals surface area contributed by atoms with Gasteiger partial charge < -0.3 is 9.30 Å². The molecule has 2 rings (SSSR count). The molecule has 0 saturated heterocycles. The number of aromatic nitrogens is 1. The summed E-state index contributed by atoms with van der Waals surface area (Å²) in [6.07, 6.45) is 1.54.